The second kappa shape index (κ2) is 7.18. The second-order valence-corrected chi connectivity index (χ2v) is 8.66. The molecular formula is C25H20N4S. The number of fused-ring (bicyclic) bond motifs is 5. The highest BCUT2D eigenvalue weighted by Gasteiger charge is 2.24. The average molecular weight is 409 g/mol. The van der Waals surface area contributed by atoms with Crippen LogP contribution in [0.1, 0.15) is 23.1 Å². The number of hydrogen-bond donors (Lipinski definition) is 1. The zero-order chi connectivity index (χ0) is 19.9. The van der Waals surface area contributed by atoms with Gasteiger partial charge in [-0.2, -0.15) is 0 Å². The lowest BCUT2D eigenvalue weighted by Crippen LogP contribution is -2.01. The molecule has 4 nitrogen and oxygen atoms in total. The molecule has 146 valence electrons. The molecule has 0 radical (unpaired) electrons. The number of nitrogens with zero attached hydrogens (tertiary/aromatic N) is 3. The topological polar surface area (TPSA) is 50.7 Å². The summed E-state index contributed by atoms with van der Waals surface area (Å²) in [7, 11) is 0. The van der Waals surface area contributed by atoms with E-state index in [9.17, 15) is 0 Å². The van der Waals surface area contributed by atoms with Gasteiger partial charge in [0.25, 0.3) is 0 Å². The van der Waals surface area contributed by atoms with Gasteiger partial charge in [0, 0.05) is 17.5 Å². The maximum atomic E-state index is 5.14. The van der Waals surface area contributed by atoms with Gasteiger partial charge in [-0.25, -0.2) is 15.0 Å². The summed E-state index contributed by atoms with van der Waals surface area (Å²) in [6.45, 7) is 0.738. The molecule has 5 heteroatoms. The first-order chi connectivity index (χ1) is 14.9. The summed E-state index contributed by atoms with van der Waals surface area (Å²) in [4.78, 5) is 15.4. The van der Waals surface area contributed by atoms with Gasteiger partial charge in [-0.05, 0) is 36.0 Å². The molecule has 0 atom stereocenters. The molecule has 1 aliphatic carbocycles. The predicted octanol–water partition coefficient (Wildman–Crippen LogP) is 6.01. The maximum absolute atomic E-state index is 5.14. The van der Waals surface area contributed by atoms with Crippen LogP contribution < -0.4 is 5.32 Å². The molecule has 3 aromatic heterocycles. The van der Waals surface area contributed by atoms with Crippen LogP contribution in [0, 0.1) is 0 Å². The minimum atomic E-state index is 0.738. The Morgan fingerprint density at radius 1 is 0.867 bits per heavy atom. The van der Waals surface area contributed by atoms with Crippen molar-refractivity contribution in [3.8, 4) is 11.3 Å². The van der Waals surface area contributed by atoms with Crippen LogP contribution in [0.4, 0.5) is 5.82 Å². The van der Waals surface area contributed by atoms with E-state index >= 15 is 0 Å². The Labute approximate surface area is 178 Å². The lowest BCUT2D eigenvalue weighted by Gasteiger charge is -2.09. The molecule has 3 heterocycles. The smallest absolute Gasteiger partial charge is 0.147 e. The number of aryl methyl sites for hydroxylation is 1. The lowest BCUT2D eigenvalue weighted by atomic mass is 10.0. The highest BCUT2D eigenvalue weighted by molar-refractivity contribution is 7.26. The largest absolute Gasteiger partial charge is 0.365 e. The van der Waals surface area contributed by atoms with Crippen LogP contribution in [0.2, 0.25) is 0 Å². The number of pyridine rings is 1. The van der Waals surface area contributed by atoms with Crippen molar-refractivity contribution in [2.45, 2.75) is 25.8 Å². The number of anilines is 1. The lowest BCUT2D eigenvalue weighted by molar-refractivity contribution is 0.913. The summed E-state index contributed by atoms with van der Waals surface area (Å²) in [5.41, 5.74) is 7.42. The van der Waals surface area contributed by atoms with Crippen LogP contribution >= 0.6 is 11.3 Å². The molecule has 0 spiro atoms. The van der Waals surface area contributed by atoms with Crippen molar-refractivity contribution < 1.29 is 0 Å². The van der Waals surface area contributed by atoms with Gasteiger partial charge in [-0.3, -0.25) is 0 Å². The molecule has 5 aromatic rings. The summed E-state index contributed by atoms with van der Waals surface area (Å²) in [6.07, 6.45) is 5.03. The van der Waals surface area contributed by atoms with Gasteiger partial charge in [-0.15, -0.1) is 11.3 Å². The number of rotatable bonds is 4. The van der Waals surface area contributed by atoms with Gasteiger partial charge in [0.15, 0.2) is 0 Å². The molecule has 0 unspecified atom stereocenters. The summed E-state index contributed by atoms with van der Waals surface area (Å²) >= 11 is 1.70. The highest BCUT2D eigenvalue weighted by atomic mass is 32.1. The fourth-order valence-corrected chi connectivity index (χ4v) is 5.57. The van der Waals surface area contributed by atoms with Crippen LogP contribution in [-0.2, 0) is 19.4 Å². The van der Waals surface area contributed by atoms with Gasteiger partial charge in [0.2, 0.25) is 0 Å². The fourth-order valence-electron chi connectivity index (χ4n) is 4.44. The van der Waals surface area contributed by atoms with E-state index in [0.29, 0.717) is 0 Å². The number of aromatic nitrogens is 3. The van der Waals surface area contributed by atoms with Crippen molar-refractivity contribution >= 4 is 37.6 Å². The van der Waals surface area contributed by atoms with E-state index in [1.807, 2.05) is 6.07 Å². The Bertz CT molecular complexity index is 1360. The molecule has 1 N–H and O–H groups in total. The molecule has 2 aromatic carbocycles. The Hall–Kier alpha value is -3.31. The van der Waals surface area contributed by atoms with Crippen molar-refractivity contribution in [2.24, 2.45) is 0 Å². The van der Waals surface area contributed by atoms with Crippen molar-refractivity contribution in [3.05, 3.63) is 83.7 Å². The van der Waals surface area contributed by atoms with E-state index in [2.05, 4.69) is 69.9 Å². The van der Waals surface area contributed by atoms with Crippen molar-refractivity contribution in [1.29, 1.82) is 0 Å². The number of thiophene rings is 1. The quantitative estimate of drug-likeness (QED) is 0.396. The molecule has 0 aliphatic heterocycles. The van der Waals surface area contributed by atoms with E-state index in [0.717, 1.165) is 45.9 Å². The van der Waals surface area contributed by atoms with E-state index in [1.54, 1.807) is 17.7 Å². The van der Waals surface area contributed by atoms with Crippen molar-refractivity contribution in [3.63, 3.8) is 0 Å². The van der Waals surface area contributed by atoms with Gasteiger partial charge in [0.1, 0.15) is 17.0 Å². The van der Waals surface area contributed by atoms with Crippen LogP contribution in [0.25, 0.3) is 31.7 Å². The third-order valence-corrected chi connectivity index (χ3v) is 6.90. The van der Waals surface area contributed by atoms with Gasteiger partial charge >= 0.3 is 0 Å². The maximum Gasteiger partial charge on any atom is 0.147 e. The standard InChI is InChI=1S/C25H20N4S/c1-3-8-16(9-4-1)14-26-24-23-22(27-15-28-24)20-18-12-7-13-19(18)21(29-25(20)30-23)17-10-5-2-6-11-17/h1-6,8-11,15H,7,12-14H2,(H,26,27,28). The molecule has 30 heavy (non-hydrogen) atoms. The molecule has 0 saturated heterocycles. The van der Waals surface area contributed by atoms with Crippen LogP contribution in [0.3, 0.4) is 0 Å². The van der Waals surface area contributed by atoms with Crippen molar-refractivity contribution in [1.82, 2.24) is 15.0 Å². The van der Waals surface area contributed by atoms with Crippen molar-refractivity contribution in [2.75, 3.05) is 5.32 Å². The Kier molecular flexibility index (Phi) is 4.20. The predicted molar refractivity (Wildman–Crippen MR) is 124 cm³/mol. The summed E-state index contributed by atoms with van der Waals surface area (Å²) in [5.74, 6) is 0.889. The Balaban J connectivity index is 1.51. The SMILES string of the molecule is c1ccc(CNc2ncnc3c2sc2nc(-c4ccccc4)c4c(c23)CCC4)cc1. The van der Waals surface area contributed by atoms with Gasteiger partial charge in [-0.1, -0.05) is 60.7 Å². The third kappa shape index (κ3) is 2.85. The molecule has 0 bridgehead atoms. The van der Waals surface area contributed by atoms with E-state index < -0.39 is 0 Å². The van der Waals surface area contributed by atoms with Crippen LogP contribution in [-0.4, -0.2) is 15.0 Å². The summed E-state index contributed by atoms with van der Waals surface area (Å²) in [5, 5.41) is 4.74. The summed E-state index contributed by atoms with van der Waals surface area (Å²) in [6, 6.07) is 21.0. The number of benzene rings is 2. The Morgan fingerprint density at radius 3 is 2.47 bits per heavy atom. The number of nitrogens with one attached hydrogen (secondary N) is 1. The van der Waals surface area contributed by atoms with Gasteiger partial charge in [0.05, 0.1) is 15.9 Å². The van der Waals surface area contributed by atoms with E-state index in [4.69, 9.17) is 4.98 Å². The zero-order valence-corrected chi connectivity index (χ0v) is 17.2. The first-order valence-electron chi connectivity index (χ1n) is 10.3. The molecule has 0 saturated carbocycles. The average Bonchev–Trinajstić information content (AvgIpc) is 3.43. The Morgan fingerprint density at radius 2 is 1.63 bits per heavy atom. The summed E-state index contributed by atoms with van der Waals surface area (Å²) < 4.78 is 1.09. The highest BCUT2D eigenvalue weighted by Crippen LogP contribution is 2.43. The first kappa shape index (κ1) is 17.5. The second-order valence-electron chi connectivity index (χ2n) is 7.66. The molecular weight excluding hydrogens is 388 g/mol. The minimum absolute atomic E-state index is 0.738. The molecule has 1 aliphatic rings. The monoisotopic (exact) mass is 408 g/mol. The number of hydrogen-bond acceptors (Lipinski definition) is 5. The first-order valence-corrected chi connectivity index (χ1v) is 11.1. The van der Waals surface area contributed by atoms with E-state index in [1.165, 1.54) is 34.1 Å². The zero-order valence-electron chi connectivity index (χ0n) is 16.4. The van der Waals surface area contributed by atoms with E-state index in [-0.39, 0.29) is 0 Å². The molecule has 0 fully saturated rings. The van der Waals surface area contributed by atoms with Crippen LogP contribution in [0.15, 0.2) is 67.0 Å². The minimum Gasteiger partial charge on any atom is -0.365 e. The normalized spacial score (nSPS) is 13.1. The third-order valence-electron chi connectivity index (χ3n) is 5.82. The molecule has 6 rings (SSSR count). The molecule has 0 amide bonds. The van der Waals surface area contributed by atoms with Gasteiger partial charge < -0.3 is 5.32 Å². The van der Waals surface area contributed by atoms with Crippen LogP contribution in [0.5, 0.6) is 0 Å². The fraction of sp³-hybridized carbons (Fsp3) is 0.160.